The van der Waals surface area contributed by atoms with Crippen molar-refractivity contribution in [2.75, 3.05) is 25.1 Å². The van der Waals surface area contributed by atoms with Crippen LogP contribution in [0.4, 0.5) is 5.69 Å². The van der Waals surface area contributed by atoms with E-state index in [1.165, 1.54) is 6.07 Å². The Hall–Kier alpha value is -3.81. The van der Waals surface area contributed by atoms with Crippen LogP contribution in [-0.4, -0.2) is 31.7 Å². The van der Waals surface area contributed by atoms with E-state index >= 15 is 0 Å². The Morgan fingerprint density at radius 1 is 0.967 bits per heavy atom. The lowest BCUT2D eigenvalue weighted by Crippen LogP contribution is -2.23. The predicted octanol–water partition coefficient (Wildman–Crippen LogP) is 3.39. The van der Waals surface area contributed by atoms with Crippen LogP contribution in [0.1, 0.15) is 24.2 Å². The molecule has 3 aromatic rings. The number of carbonyl (C=O) groups excluding carboxylic acids is 2. The van der Waals surface area contributed by atoms with Gasteiger partial charge in [-0.3, -0.25) is 4.79 Å². The summed E-state index contributed by atoms with van der Waals surface area (Å²) < 4.78 is 21.0. The zero-order chi connectivity index (χ0) is 21.5. The first-order chi connectivity index (χ1) is 14.5. The molecule has 0 saturated heterocycles. The fourth-order valence-electron chi connectivity index (χ4n) is 2.74. The summed E-state index contributed by atoms with van der Waals surface area (Å²) in [4.78, 5) is 36.4. The van der Waals surface area contributed by atoms with Gasteiger partial charge in [0.05, 0.1) is 13.2 Å². The third-order valence-corrected chi connectivity index (χ3v) is 4.02. The quantitative estimate of drug-likeness (QED) is 0.447. The zero-order valence-electron chi connectivity index (χ0n) is 16.6. The van der Waals surface area contributed by atoms with Crippen molar-refractivity contribution in [3.8, 4) is 11.5 Å². The van der Waals surface area contributed by atoms with E-state index < -0.39 is 24.1 Å². The first-order valence-electron chi connectivity index (χ1n) is 9.41. The van der Waals surface area contributed by atoms with Crippen molar-refractivity contribution < 1.29 is 28.2 Å². The maximum Gasteiger partial charge on any atom is 0.351 e. The normalized spacial score (nSPS) is 10.5. The van der Waals surface area contributed by atoms with Crippen LogP contribution in [-0.2, 0) is 9.53 Å². The summed E-state index contributed by atoms with van der Waals surface area (Å²) in [5, 5.41) is 3.18. The number of fused-ring (bicyclic) bond motifs is 1. The van der Waals surface area contributed by atoms with Crippen molar-refractivity contribution in [2.45, 2.75) is 13.8 Å². The molecule has 1 heterocycles. The number of hydrogen-bond acceptors (Lipinski definition) is 7. The van der Waals surface area contributed by atoms with Crippen LogP contribution in [0.15, 0.2) is 57.7 Å². The highest BCUT2D eigenvalue weighted by Crippen LogP contribution is 2.30. The molecule has 0 saturated carbocycles. The van der Waals surface area contributed by atoms with Gasteiger partial charge in [0, 0.05) is 17.1 Å². The first kappa shape index (κ1) is 20.9. The van der Waals surface area contributed by atoms with Crippen LogP contribution in [0.5, 0.6) is 11.5 Å². The number of ether oxygens (including phenoxy) is 3. The van der Waals surface area contributed by atoms with Crippen molar-refractivity contribution in [1.82, 2.24) is 0 Å². The van der Waals surface area contributed by atoms with E-state index in [1.54, 1.807) is 42.5 Å². The van der Waals surface area contributed by atoms with Crippen molar-refractivity contribution >= 4 is 28.5 Å². The van der Waals surface area contributed by atoms with Gasteiger partial charge in [-0.15, -0.1) is 0 Å². The zero-order valence-corrected chi connectivity index (χ0v) is 16.6. The second-order valence-corrected chi connectivity index (χ2v) is 6.14. The minimum atomic E-state index is -0.939. The molecule has 1 aromatic heterocycles. The molecule has 0 radical (unpaired) electrons. The van der Waals surface area contributed by atoms with Gasteiger partial charge in [-0.2, -0.15) is 0 Å². The van der Waals surface area contributed by atoms with Crippen LogP contribution in [0.3, 0.4) is 0 Å². The number of nitrogens with one attached hydrogen (secondary N) is 1. The highest BCUT2D eigenvalue weighted by Gasteiger charge is 2.17. The molecular weight excluding hydrogens is 390 g/mol. The SMILES string of the molecule is CCOc1ccc(NC(=O)COC(=O)c2cc3ccccc3oc2=O)cc1OCC. The van der Waals surface area contributed by atoms with Gasteiger partial charge < -0.3 is 23.9 Å². The van der Waals surface area contributed by atoms with Crippen LogP contribution in [0.25, 0.3) is 11.0 Å². The molecule has 156 valence electrons. The predicted molar refractivity (Wildman–Crippen MR) is 110 cm³/mol. The van der Waals surface area contributed by atoms with Gasteiger partial charge in [-0.25, -0.2) is 9.59 Å². The Balaban J connectivity index is 1.64. The lowest BCUT2D eigenvalue weighted by atomic mass is 10.2. The molecule has 0 aliphatic heterocycles. The average molecular weight is 411 g/mol. The third-order valence-electron chi connectivity index (χ3n) is 4.02. The minimum absolute atomic E-state index is 0.277. The van der Waals surface area contributed by atoms with E-state index in [1.807, 2.05) is 13.8 Å². The summed E-state index contributed by atoms with van der Waals surface area (Å²) in [5.41, 5.74) is -0.293. The largest absolute Gasteiger partial charge is 0.490 e. The number of benzene rings is 2. The van der Waals surface area contributed by atoms with E-state index in [0.29, 0.717) is 41.4 Å². The third kappa shape index (κ3) is 4.96. The van der Waals surface area contributed by atoms with Gasteiger partial charge >= 0.3 is 11.6 Å². The highest BCUT2D eigenvalue weighted by molar-refractivity contribution is 5.96. The van der Waals surface area contributed by atoms with Crippen LogP contribution < -0.4 is 20.4 Å². The number of amides is 1. The number of anilines is 1. The summed E-state index contributed by atoms with van der Waals surface area (Å²) in [6.07, 6.45) is 0. The number of rotatable bonds is 8. The van der Waals surface area contributed by atoms with Crippen LogP contribution in [0.2, 0.25) is 0 Å². The van der Waals surface area contributed by atoms with E-state index in [9.17, 15) is 14.4 Å². The van der Waals surface area contributed by atoms with Gasteiger partial charge in [-0.1, -0.05) is 18.2 Å². The van der Waals surface area contributed by atoms with E-state index in [4.69, 9.17) is 18.6 Å². The van der Waals surface area contributed by atoms with E-state index in [2.05, 4.69) is 5.32 Å². The maximum atomic E-state index is 12.2. The standard InChI is InChI=1S/C22H21NO7/c1-3-27-18-10-9-15(12-19(18)28-4-2)23-20(24)13-29-21(25)16-11-14-7-5-6-8-17(14)30-22(16)26/h5-12H,3-4,13H2,1-2H3,(H,23,24). The smallest absolute Gasteiger partial charge is 0.351 e. The topological polar surface area (TPSA) is 104 Å². The number of hydrogen-bond donors (Lipinski definition) is 1. The van der Waals surface area contributed by atoms with Crippen LogP contribution >= 0.6 is 0 Å². The minimum Gasteiger partial charge on any atom is -0.490 e. The Kier molecular flexibility index (Phi) is 6.69. The number of para-hydroxylation sites is 1. The summed E-state index contributed by atoms with van der Waals surface area (Å²) in [6, 6.07) is 13.1. The molecule has 0 bridgehead atoms. The molecule has 1 N–H and O–H groups in total. The molecule has 0 aliphatic carbocycles. The molecule has 0 unspecified atom stereocenters. The van der Waals surface area contributed by atoms with Crippen LogP contribution in [0, 0.1) is 0 Å². The van der Waals surface area contributed by atoms with Crippen molar-refractivity contribution in [2.24, 2.45) is 0 Å². The molecule has 8 heteroatoms. The van der Waals surface area contributed by atoms with Gasteiger partial charge in [-0.05, 0) is 38.1 Å². The molecule has 30 heavy (non-hydrogen) atoms. The van der Waals surface area contributed by atoms with Crippen molar-refractivity contribution in [3.63, 3.8) is 0 Å². The molecular formula is C22H21NO7. The van der Waals surface area contributed by atoms with E-state index in [-0.39, 0.29) is 5.56 Å². The molecule has 8 nitrogen and oxygen atoms in total. The van der Waals surface area contributed by atoms with Gasteiger partial charge in [0.2, 0.25) is 0 Å². The Morgan fingerprint density at radius 3 is 2.47 bits per heavy atom. The lowest BCUT2D eigenvalue weighted by molar-refractivity contribution is -0.119. The molecule has 2 aromatic carbocycles. The number of esters is 1. The second-order valence-electron chi connectivity index (χ2n) is 6.14. The molecule has 0 fully saturated rings. The van der Waals surface area contributed by atoms with Crippen molar-refractivity contribution in [1.29, 1.82) is 0 Å². The summed E-state index contributed by atoms with van der Waals surface area (Å²) in [5.74, 6) is -0.457. The summed E-state index contributed by atoms with van der Waals surface area (Å²) in [6.45, 7) is 4.04. The monoisotopic (exact) mass is 411 g/mol. The molecule has 3 rings (SSSR count). The van der Waals surface area contributed by atoms with Gasteiger partial charge in [0.25, 0.3) is 5.91 Å². The molecule has 0 spiro atoms. The molecule has 1 amide bonds. The second kappa shape index (κ2) is 9.60. The van der Waals surface area contributed by atoms with Gasteiger partial charge in [0.15, 0.2) is 18.1 Å². The molecule has 0 atom stereocenters. The van der Waals surface area contributed by atoms with E-state index in [0.717, 1.165) is 0 Å². The Labute approximate surface area is 172 Å². The Bertz CT molecular complexity index is 1120. The average Bonchev–Trinajstić information content (AvgIpc) is 2.73. The number of carbonyl (C=O) groups is 2. The highest BCUT2D eigenvalue weighted by atomic mass is 16.5. The first-order valence-corrected chi connectivity index (χ1v) is 9.41. The fourth-order valence-corrected chi connectivity index (χ4v) is 2.74. The van der Waals surface area contributed by atoms with Crippen molar-refractivity contribution in [3.05, 3.63) is 64.5 Å². The summed E-state index contributed by atoms with van der Waals surface area (Å²) in [7, 11) is 0. The fraction of sp³-hybridized carbons (Fsp3) is 0.227. The Morgan fingerprint density at radius 2 is 1.70 bits per heavy atom. The lowest BCUT2D eigenvalue weighted by Gasteiger charge is -2.13. The maximum absolute atomic E-state index is 12.2. The summed E-state index contributed by atoms with van der Waals surface area (Å²) >= 11 is 0. The molecule has 0 aliphatic rings. The van der Waals surface area contributed by atoms with Gasteiger partial charge in [0.1, 0.15) is 11.1 Å².